The molecule has 0 atom stereocenters. The first-order valence-corrected chi connectivity index (χ1v) is 6.53. The highest BCUT2D eigenvalue weighted by Crippen LogP contribution is 2.32. The minimum absolute atomic E-state index is 0.0297. The molecule has 2 aromatic rings. The van der Waals surface area contributed by atoms with Crippen molar-refractivity contribution in [3.8, 4) is 22.6 Å². The van der Waals surface area contributed by atoms with Crippen molar-refractivity contribution in [3.05, 3.63) is 47.8 Å². The van der Waals surface area contributed by atoms with Gasteiger partial charge in [0.25, 0.3) is 0 Å². The molecule has 0 spiro atoms. The van der Waals surface area contributed by atoms with E-state index in [0.717, 1.165) is 6.07 Å². The summed E-state index contributed by atoms with van der Waals surface area (Å²) in [5, 5.41) is 0. The van der Waals surface area contributed by atoms with Gasteiger partial charge in [-0.3, -0.25) is 0 Å². The average molecular weight is 296 g/mol. The van der Waals surface area contributed by atoms with E-state index >= 15 is 0 Å². The maximum absolute atomic E-state index is 14.1. The number of methoxy groups -OCH3 is 1. The molecule has 0 heterocycles. The molecule has 0 aliphatic carbocycles. The molecule has 0 aliphatic heterocycles. The Morgan fingerprint density at radius 3 is 2.29 bits per heavy atom. The molecule has 0 unspecified atom stereocenters. The van der Waals surface area contributed by atoms with E-state index in [0.29, 0.717) is 13.0 Å². The summed E-state index contributed by atoms with van der Waals surface area (Å²) in [6, 6.07) is 6.63. The Morgan fingerprint density at radius 2 is 1.67 bits per heavy atom. The normalized spacial score (nSPS) is 10.5. The van der Waals surface area contributed by atoms with Crippen molar-refractivity contribution in [1.82, 2.24) is 0 Å². The van der Waals surface area contributed by atoms with Crippen LogP contribution >= 0.6 is 0 Å². The highest BCUT2D eigenvalue weighted by atomic mass is 19.2. The monoisotopic (exact) mass is 296 g/mol. The van der Waals surface area contributed by atoms with Crippen LogP contribution in [-0.4, -0.2) is 13.7 Å². The molecule has 0 aliphatic rings. The molecular formula is C16H15F3O2. The summed E-state index contributed by atoms with van der Waals surface area (Å²) in [6.07, 6.45) is 0.687. The molecule has 112 valence electrons. The van der Waals surface area contributed by atoms with Gasteiger partial charge in [0.1, 0.15) is 0 Å². The molecular weight excluding hydrogens is 281 g/mol. The van der Waals surface area contributed by atoms with Gasteiger partial charge in [0, 0.05) is 5.56 Å². The fourth-order valence-corrected chi connectivity index (χ4v) is 1.91. The van der Waals surface area contributed by atoms with E-state index in [9.17, 15) is 13.2 Å². The van der Waals surface area contributed by atoms with E-state index < -0.39 is 17.5 Å². The van der Waals surface area contributed by atoms with E-state index in [1.54, 1.807) is 0 Å². The molecule has 0 radical (unpaired) electrons. The van der Waals surface area contributed by atoms with Gasteiger partial charge in [-0.05, 0) is 36.2 Å². The highest BCUT2D eigenvalue weighted by molar-refractivity contribution is 5.66. The molecule has 2 rings (SSSR count). The third kappa shape index (κ3) is 3.12. The van der Waals surface area contributed by atoms with Crippen molar-refractivity contribution in [2.24, 2.45) is 0 Å². The molecule has 2 nitrogen and oxygen atoms in total. The van der Waals surface area contributed by atoms with Crippen molar-refractivity contribution < 1.29 is 22.6 Å². The summed E-state index contributed by atoms with van der Waals surface area (Å²) in [6.45, 7) is 2.16. The first-order chi connectivity index (χ1) is 10.1. The summed E-state index contributed by atoms with van der Waals surface area (Å²) in [5.74, 6) is -2.87. The number of halogens is 3. The molecule has 0 N–H and O–H groups in total. The lowest BCUT2D eigenvalue weighted by molar-refractivity contribution is 0.295. The number of benzene rings is 2. The minimum Gasteiger partial charge on any atom is -0.494 e. The van der Waals surface area contributed by atoms with Crippen LogP contribution in [0.3, 0.4) is 0 Å². The van der Waals surface area contributed by atoms with Crippen LogP contribution in [0.15, 0.2) is 30.3 Å². The Kier molecular flexibility index (Phi) is 4.73. The van der Waals surface area contributed by atoms with Crippen LogP contribution in [0.1, 0.15) is 13.3 Å². The first-order valence-electron chi connectivity index (χ1n) is 6.53. The van der Waals surface area contributed by atoms with E-state index in [-0.39, 0.29) is 22.6 Å². The van der Waals surface area contributed by atoms with Crippen LogP contribution in [0.25, 0.3) is 11.1 Å². The van der Waals surface area contributed by atoms with E-state index in [4.69, 9.17) is 9.47 Å². The third-order valence-corrected chi connectivity index (χ3v) is 2.97. The second-order valence-corrected chi connectivity index (χ2v) is 4.44. The fraction of sp³-hybridized carbons (Fsp3) is 0.250. The van der Waals surface area contributed by atoms with Gasteiger partial charge in [-0.15, -0.1) is 0 Å². The molecule has 2 aromatic carbocycles. The van der Waals surface area contributed by atoms with Gasteiger partial charge >= 0.3 is 0 Å². The molecule has 0 fully saturated rings. The second kappa shape index (κ2) is 6.52. The Labute approximate surface area is 121 Å². The first kappa shape index (κ1) is 15.2. The van der Waals surface area contributed by atoms with Crippen molar-refractivity contribution in [2.45, 2.75) is 13.3 Å². The standard InChI is InChI=1S/C16H15F3O2/c1-3-8-21-14-7-5-11(15(18)16(14)19)10-4-6-13(20-2)12(17)9-10/h4-7,9H,3,8H2,1-2H3. The Balaban J connectivity index is 2.41. The van der Waals surface area contributed by atoms with Gasteiger partial charge in [-0.2, -0.15) is 4.39 Å². The zero-order valence-electron chi connectivity index (χ0n) is 11.8. The Morgan fingerprint density at radius 1 is 0.952 bits per heavy atom. The second-order valence-electron chi connectivity index (χ2n) is 4.44. The van der Waals surface area contributed by atoms with Crippen molar-refractivity contribution >= 4 is 0 Å². The summed E-state index contributed by atoms with van der Waals surface area (Å²) < 4.78 is 51.5. The van der Waals surface area contributed by atoms with Crippen LogP contribution in [-0.2, 0) is 0 Å². The number of rotatable bonds is 5. The van der Waals surface area contributed by atoms with E-state index in [1.807, 2.05) is 6.92 Å². The predicted molar refractivity (Wildman–Crippen MR) is 74.1 cm³/mol. The maximum Gasteiger partial charge on any atom is 0.201 e. The molecule has 0 amide bonds. The predicted octanol–water partition coefficient (Wildman–Crippen LogP) is 4.57. The molecule has 5 heteroatoms. The SMILES string of the molecule is CCCOc1ccc(-c2ccc(OC)c(F)c2)c(F)c1F. The van der Waals surface area contributed by atoms with Crippen molar-refractivity contribution in [2.75, 3.05) is 13.7 Å². The molecule has 0 saturated heterocycles. The van der Waals surface area contributed by atoms with Crippen molar-refractivity contribution in [1.29, 1.82) is 0 Å². The zero-order chi connectivity index (χ0) is 15.4. The summed E-state index contributed by atoms with van der Waals surface area (Å²) in [5.41, 5.74) is 0.199. The van der Waals surface area contributed by atoms with Crippen LogP contribution in [0.2, 0.25) is 0 Å². The van der Waals surface area contributed by atoms with Crippen molar-refractivity contribution in [3.63, 3.8) is 0 Å². The smallest absolute Gasteiger partial charge is 0.201 e. The van der Waals surface area contributed by atoms with Gasteiger partial charge in [-0.1, -0.05) is 13.0 Å². The highest BCUT2D eigenvalue weighted by Gasteiger charge is 2.16. The topological polar surface area (TPSA) is 18.5 Å². The summed E-state index contributed by atoms with van der Waals surface area (Å²) >= 11 is 0. The lowest BCUT2D eigenvalue weighted by Gasteiger charge is -2.10. The fourth-order valence-electron chi connectivity index (χ4n) is 1.91. The molecule has 21 heavy (non-hydrogen) atoms. The number of hydrogen-bond acceptors (Lipinski definition) is 2. The van der Waals surface area contributed by atoms with Gasteiger partial charge in [0.15, 0.2) is 23.1 Å². The summed E-state index contributed by atoms with van der Waals surface area (Å²) in [4.78, 5) is 0. The average Bonchev–Trinajstić information content (AvgIpc) is 2.49. The van der Waals surface area contributed by atoms with E-state index in [2.05, 4.69) is 0 Å². The van der Waals surface area contributed by atoms with Crippen LogP contribution in [0.5, 0.6) is 11.5 Å². The van der Waals surface area contributed by atoms with Crippen LogP contribution in [0, 0.1) is 17.5 Å². The van der Waals surface area contributed by atoms with Crippen LogP contribution < -0.4 is 9.47 Å². The molecule has 0 saturated carbocycles. The largest absolute Gasteiger partial charge is 0.494 e. The summed E-state index contributed by atoms with van der Waals surface area (Å²) in [7, 11) is 1.33. The van der Waals surface area contributed by atoms with Crippen LogP contribution in [0.4, 0.5) is 13.2 Å². The maximum atomic E-state index is 14.1. The van der Waals surface area contributed by atoms with Gasteiger partial charge in [-0.25, -0.2) is 8.78 Å². The lowest BCUT2D eigenvalue weighted by atomic mass is 10.0. The minimum atomic E-state index is -1.07. The zero-order valence-corrected chi connectivity index (χ0v) is 11.8. The van der Waals surface area contributed by atoms with Gasteiger partial charge < -0.3 is 9.47 Å². The Bertz CT molecular complexity index is 642. The Hall–Kier alpha value is -2.17. The lowest BCUT2D eigenvalue weighted by Crippen LogP contribution is -2.00. The quantitative estimate of drug-likeness (QED) is 0.804. The van der Waals surface area contributed by atoms with Gasteiger partial charge in [0.2, 0.25) is 5.82 Å². The van der Waals surface area contributed by atoms with Gasteiger partial charge in [0.05, 0.1) is 13.7 Å². The third-order valence-electron chi connectivity index (χ3n) is 2.97. The number of hydrogen-bond donors (Lipinski definition) is 0. The van der Waals surface area contributed by atoms with E-state index in [1.165, 1.54) is 31.4 Å². The molecule has 0 aromatic heterocycles. The molecule has 0 bridgehead atoms. The number of ether oxygens (including phenoxy) is 2.